The molecular weight excluding hydrogens is 949 g/mol. The van der Waals surface area contributed by atoms with Crippen molar-refractivity contribution in [2.75, 3.05) is 7.11 Å². The lowest BCUT2D eigenvalue weighted by molar-refractivity contribution is -0.584. The molecule has 5 fully saturated rings. The van der Waals surface area contributed by atoms with Gasteiger partial charge in [-0.1, -0.05) is 69.2 Å². The maximum atomic E-state index is 15.4. The molecule has 1 amide bonds. The van der Waals surface area contributed by atoms with Gasteiger partial charge < -0.3 is 63.6 Å². The summed E-state index contributed by atoms with van der Waals surface area (Å²) >= 11 is 0. The van der Waals surface area contributed by atoms with Crippen LogP contribution in [0.4, 0.5) is 4.79 Å². The van der Waals surface area contributed by atoms with Crippen LogP contribution in [0.3, 0.4) is 0 Å². The Morgan fingerprint density at radius 2 is 1.45 bits per heavy atom. The molecule has 0 aromatic rings. The Hall–Kier alpha value is -4.05. The summed E-state index contributed by atoms with van der Waals surface area (Å²) in [6, 6.07) is -1.05. The number of amides is 1. The lowest BCUT2D eigenvalue weighted by Crippen LogP contribution is -2.65. The number of hydrogen-bond acceptors (Lipinski definition) is 17. The number of esters is 1. The molecular formula is C54H78N2O17. The molecule has 4 saturated heterocycles. The second kappa shape index (κ2) is 20.8. The number of fused-ring (bicyclic) bond motifs is 4. The molecule has 1 saturated carbocycles. The number of Topliss-reactive ketones (excluding diaryl/α,β-unsaturated/α-hetero) is 1. The van der Waals surface area contributed by atoms with Crippen LogP contribution < -0.4 is 5.32 Å². The molecule has 4 aliphatic heterocycles. The highest BCUT2D eigenvalue weighted by atomic mass is 16.7. The first-order valence-electron chi connectivity index (χ1n) is 26.1. The SMILES string of the molecule is COC(=O)N[C@H]1[C@@H](C)O[C@@H](O[C@H]2C/C=C(\C)[C@@H]3C=C[C@@H]4[C@@H](O[C@H]5C[C@@H](O[C@H]6C[C@@H](O)[C@@H](O)[C@H](C)O6)[C@@H](O)[C@H](C)O5)[C@@H](C)C[C@H](C)[C@H]4[C@]3(C)C(O)=C3C(=O)O[C@]4(C[C@@H](C)C(C)=C[C@H]4C=C2C)C3=O)C[C@]1(C)[N+](=O)[O-]. The number of nitrogens with zero attached hydrogens (tertiary/aromatic N) is 1. The average Bonchev–Trinajstić information content (AvgIpc) is 3.56. The Balaban J connectivity index is 1.17. The van der Waals surface area contributed by atoms with Gasteiger partial charge in [-0.15, -0.1) is 0 Å². The fourth-order valence-electron chi connectivity index (χ4n) is 13.9. The summed E-state index contributed by atoms with van der Waals surface area (Å²) in [6.45, 7) is 20.3. The van der Waals surface area contributed by atoms with E-state index in [-0.39, 0.29) is 67.1 Å². The number of ketones is 1. The van der Waals surface area contributed by atoms with Crippen LogP contribution >= 0.6 is 0 Å². The van der Waals surface area contributed by atoms with Gasteiger partial charge in [0.2, 0.25) is 11.3 Å². The van der Waals surface area contributed by atoms with Gasteiger partial charge >= 0.3 is 12.1 Å². The third kappa shape index (κ3) is 9.88. The number of ether oxygens (including phenoxy) is 8. The van der Waals surface area contributed by atoms with E-state index in [2.05, 4.69) is 25.2 Å². The number of aliphatic hydroxyl groups is 4. The highest BCUT2D eigenvalue weighted by Gasteiger charge is 2.64. The van der Waals surface area contributed by atoms with Crippen molar-refractivity contribution < 1.29 is 77.6 Å². The van der Waals surface area contributed by atoms with E-state index in [4.69, 9.17) is 37.9 Å². The van der Waals surface area contributed by atoms with E-state index in [0.29, 0.717) is 12.0 Å². The van der Waals surface area contributed by atoms with Gasteiger partial charge in [-0.3, -0.25) is 14.9 Å². The minimum absolute atomic E-state index is 0.0148. The molecule has 19 nitrogen and oxygen atoms in total. The molecule has 4 heterocycles. The first-order chi connectivity index (χ1) is 34.2. The van der Waals surface area contributed by atoms with Crippen LogP contribution in [0, 0.1) is 57.0 Å². The van der Waals surface area contributed by atoms with Gasteiger partial charge in [0.05, 0.1) is 56.3 Å². The van der Waals surface area contributed by atoms with Crippen LogP contribution in [0.1, 0.15) is 115 Å². The lowest BCUT2D eigenvalue weighted by Gasteiger charge is -2.56. The fraction of sp³-hybridized carbons (Fsp3) is 0.759. The van der Waals surface area contributed by atoms with E-state index < -0.39 is 137 Å². The second-order valence-corrected chi connectivity index (χ2v) is 23.1. The van der Waals surface area contributed by atoms with E-state index in [0.717, 1.165) is 11.1 Å². The van der Waals surface area contributed by atoms with Gasteiger partial charge in [-0.05, 0) is 83.6 Å². The number of nitro groups is 1. The molecule has 8 aliphatic rings. The van der Waals surface area contributed by atoms with E-state index >= 15 is 4.79 Å². The predicted octanol–water partition coefficient (Wildman–Crippen LogP) is 6.07. The molecule has 1 spiro atoms. The zero-order valence-corrected chi connectivity index (χ0v) is 44.2. The van der Waals surface area contributed by atoms with E-state index in [9.17, 15) is 40.1 Å². The summed E-state index contributed by atoms with van der Waals surface area (Å²) in [4.78, 5) is 54.7. The van der Waals surface area contributed by atoms with Crippen LogP contribution in [0.5, 0.6) is 0 Å². The zero-order valence-electron chi connectivity index (χ0n) is 44.2. The molecule has 2 bridgehead atoms. The van der Waals surface area contributed by atoms with Crippen molar-refractivity contribution >= 4 is 17.8 Å². The van der Waals surface area contributed by atoms with Crippen molar-refractivity contribution in [2.45, 2.75) is 206 Å². The minimum Gasteiger partial charge on any atom is -0.511 e. The van der Waals surface area contributed by atoms with Gasteiger partial charge in [0.25, 0.3) is 0 Å². The maximum absolute atomic E-state index is 15.4. The molecule has 0 aromatic heterocycles. The summed E-state index contributed by atoms with van der Waals surface area (Å²) in [6.07, 6.45) is -0.223. The number of carbonyl (C=O) groups is 3. The van der Waals surface area contributed by atoms with Crippen molar-refractivity contribution in [3.8, 4) is 0 Å². The highest BCUT2D eigenvalue weighted by Crippen LogP contribution is 2.61. The molecule has 0 unspecified atom stereocenters. The topological polar surface area (TPSA) is 261 Å². The summed E-state index contributed by atoms with van der Waals surface area (Å²) in [7, 11) is 1.18. The number of allylic oxidation sites excluding steroid dienone is 4. The lowest BCUT2D eigenvalue weighted by atomic mass is 9.49. The predicted molar refractivity (Wildman–Crippen MR) is 262 cm³/mol. The van der Waals surface area contributed by atoms with Gasteiger partial charge in [0.1, 0.15) is 29.6 Å². The highest BCUT2D eigenvalue weighted by molar-refractivity contribution is 6.26. The van der Waals surface area contributed by atoms with E-state index in [1.165, 1.54) is 14.0 Å². The molecule has 23 atom stereocenters. The van der Waals surface area contributed by atoms with Gasteiger partial charge in [0.15, 0.2) is 24.5 Å². The van der Waals surface area contributed by atoms with Crippen molar-refractivity contribution in [1.82, 2.24) is 5.32 Å². The number of hydrogen-bond donors (Lipinski definition) is 5. The van der Waals surface area contributed by atoms with Crippen molar-refractivity contribution in [1.29, 1.82) is 0 Å². The fourth-order valence-corrected chi connectivity index (χ4v) is 13.9. The van der Waals surface area contributed by atoms with Gasteiger partial charge in [0, 0.05) is 54.3 Å². The average molecular weight is 1030 g/mol. The molecule has 73 heavy (non-hydrogen) atoms. The van der Waals surface area contributed by atoms with Crippen molar-refractivity contribution in [2.24, 2.45) is 46.8 Å². The Kier molecular flexibility index (Phi) is 15.7. The molecule has 4 aliphatic carbocycles. The number of rotatable bonds is 8. The Morgan fingerprint density at radius 1 is 0.808 bits per heavy atom. The van der Waals surface area contributed by atoms with Crippen LogP contribution in [0.15, 0.2) is 58.4 Å². The normalized spacial score (nSPS) is 47.9. The summed E-state index contributed by atoms with van der Waals surface area (Å²) in [5.41, 5.74) is -2.59. The number of nitrogens with one attached hydrogen (secondary N) is 1. The maximum Gasteiger partial charge on any atom is 0.407 e. The van der Waals surface area contributed by atoms with Crippen LogP contribution in [0.2, 0.25) is 0 Å². The zero-order chi connectivity index (χ0) is 53.4. The number of alkyl carbamates (subject to hydrolysis) is 1. The Morgan fingerprint density at radius 3 is 2.11 bits per heavy atom. The van der Waals surface area contributed by atoms with Crippen LogP contribution in [-0.2, 0) is 47.5 Å². The number of methoxy groups -OCH3 is 1. The quantitative estimate of drug-likeness (QED) is 0.0608. The van der Waals surface area contributed by atoms with Gasteiger partial charge in [-0.25, -0.2) is 9.59 Å². The summed E-state index contributed by atoms with van der Waals surface area (Å²) in [5, 5.41) is 60.5. The summed E-state index contributed by atoms with van der Waals surface area (Å²) in [5.74, 6) is -4.22. The Labute approximate surface area is 427 Å². The largest absolute Gasteiger partial charge is 0.511 e. The van der Waals surface area contributed by atoms with E-state index in [1.54, 1.807) is 20.8 Å². The Bertz CT molecular complexity index is 2300. The molecule has 8 rings (SSSR count). The molecule has 5 N–H and O–H groups in total. The van der Waals surface area contributed by atoms with Crippen LogP contribution in [-0.4, -0.2) is 141 Å². The smallest absolute Gasteiger partial charge is 0.407 e. The summed E-state index contributed by atoms with van der Waals surface area (Å²) < 4.78 is 49.6. The number of carbonyl (C=O) groups excluding carboxylic acids is 3. The number of aliphatic hydroxyl groups excluding tert-OH is 4. The minimum atomic E-state index is -1.71. The first kappa shape index (κ1) is 55.2. The third-order valence-electron chi connectivity index (χ3n) is 18.1. The molecule has 406 valence electrons. The van der Waals surface area contributed by atoms with E-state index in [1.807, 2.05) is 58.9 Å². The van der Waals surface area contributed by atoms with Crippen molar-refractivity contribution in [3.63, 3.8) is 0 Å². The third-order valence-corrected chi connectivity index (χ3v) is 18.1. The molecule has 0 radical (unpaired) electrons. The first-order valence-corrected chi connectivity index (χ1v) is 26.1. The van der Waals surface area contributed by atoms with Crippen LogP contribution in [0.25, 0.3) is 0 Å². The van der Waals surface area contributed by atoms with Gasteiger partial charge in [-0.2, -0.15) is 0 Å². The monoisotopic (exact) mass is 1030 g/mol. The molecule has 0 aromatic carbocycles. The standard InChI is InChI=1S/C54H78N2O17/c1-24-13-16-37(70-41-23-52(10,56(64)65)47(32(9)69-41)55-51(63)66-12)26(3)19-33-18-25(2)29(6)22-54(33)49(61)42(50(62)73-54)48(60)53(11)35(24)15-14-34-43(53)27(4)17-28(5)46(34)72-40-21-38(45(59)31(8)68-40)71-39-20-36(57)44(58)30(7)67-39/h13-15,18-19,27-41,43-47,57-60H,16-17,20-23H2,1-12H3,(H,55,63)/b24-13+,26-19?,48-42?/t27-,28-,29+,30-,31-,32+,33-,34-,35-,36+,37-,38+,39-,40-,41-,43+,44-,45-,46-,47-,52-,53+,54-/m0/s1. The molecule has 19 heteroatoms. The second-order valence-electron chi connectivity index (χ2n) is 23.1. The van der Waals surface area contributed by atoms with Crippen molar-refractivity contribution in [3.05, 3.63) is 68.5 Å².